The van der Waals surface area contributed by atoms with Gasteiger partial charge in [0.2, 0.25) is 0 Å². The van der Waals surface area contributed by atoms with Crippen molar-refractivity contribution in [3.8, 4) is 11.5 Å². The first-order chi connectivity index (χ1) is 12.2. The summed E-state index contributed by atoms with van der Waals surface area (Å²) in [7, 11) is 3.10. The van der Waals surface area contributed by atoms with Crippen molar-refractivity contribution in [2.24, 2.45) is 28.8 Å². The van der Waals surface area contributed by atoms with Crippen LogP contribution in [-0.4, -0.2) is 37.3 Å². The number of benzene rings is 1. The maximum atomic E-state index is 12.7. The molecule has 2 bridgehead atoms. The van der Waals surface area contributed by atoms with E-state index < -0.39 is 0 Å². The molecular formula is C19H20N2O4. The zero-order valence-electron chi connectivity index (χ0n) is 14.2. The second-order valence-electron chi connectivity index (χ2n) is 6.66. The minimum absolute atomic E-state index is 0.165. The number of allylic oxidation sites excluding steroid dienone is 2. The van der Waals surface area contributed by atoms with Gasteiger partial charge in [-0.25, -0.2) is 0 Å². The Balaban J connectivity index is 1.63. The lowest BCUT2D eigenvalue weighted by atomic mass is 9.63. The molecule has 6 heteroatoms. The lowest BCUT2D eigenvalue weighted by Crippen LogP contribution is -2.38. The highest BCUT2D eigenvalue weighted by Gasteiger charge is 2.56. The van der Waals surface area contributed by atoms with Crippen LogP contribution < -0.4 is 9.47 Å². The van der Waals surface area contributed by atoms with Crippen LogP contribution in [0.3, 0.4) is 0 Å². The van der Waals surface area contributed by atoms with Crippen molar-refractivity contribution < 1.29 is 19.1 Å². The summed E-state index contributed by atoms with van der Waals surface area (Å²) in [6, 6.07) is 5.38. The Labute approximate surface area is 146 Å². The number of hydrogen-bond acceptors (Lipinski definition) is 5. The van der Waals surface area contributed by atoms with E-state index in [1.807, 2.05) is 0 Å². The smallest absolute Gasteiger partial charge is 0.254 e. The van der Waals surface area contributed by atoms with E-state index in [1.54, 1.807) is 32.4 Å². The van der Waals surface area contributed by atoms with Crippen LogP contribution in [0.15, 0.2) is 35.5 Å². The number of para-hydroxylation sites is 1. The fraction of sp³-hybridized carbons (Fsp3) is 0.421. The molecule has 4 atom stereocenters. The largest absolute Gasteiger partial charge is 0.493 e. The number of fused-ring (bicyclic) bond motifs is 1. The van der Waals surface area contributed by atoms with Crippen LogP contribution in [0.1, 0.15) is 18.4 Å². The molecule has 1 saturated heterocycles. The van der Waals surface area contributed by atoms with Crippen LogP contribution >= 0.6 is 0 Å². The van der Waals surface area contributed by atoms with Gasteiger partial charge in [-0.3, -0.25) is 9.59 Å². The number of hydrogen-bond donors (Lipinski definition) is 0. The standard InChI is InChI=1S/C19H20N2O4/c1-24-14-5-3-4-13(17(14)25-2)10-20-21-18(22)15-11-6-7-12(9-8-11)16(15)19(21)23/h3-7,10-12,15-16H,8-9H2,1-2H3/b20-10-/t11-,12+,15-,16+. The van der Waals surface area contributed by atoms with Gasteiger partial charge in [0.25, 0.3) is 11.8 Å². The van der Waals surface area contributed by atoms with E-state index in [-0.39, 0.29) is 35.5 Å². The summed E-state index contributed by atoms with van der Waals surface area (Å²) >= 11 is 0. The van der Waals surface area contributed by atoms with Gasteiger partial charge >= 0.3 is 0 Å². The van der Waals surface area contributed by atoms with Gasteiger partial charge in [-0.1, -0.05) is 18.2 Å². The molecule has 1 aromatic rings. The number of ether oxygens (including phenoxy) is 2. The van der Waals surface area contributed by atoms with Crippen molar-refractivity contribution in [1.82, 2.24) is 5.01 Å². The van der Waals surface area contributed by atoms with Crippen LogP contribution in [0.25, 0.3) is 0 Å². The first-order valence-corrected chi connectivity index (χ1v) is 8.46. The summed E-state index contributed by atoms with van der Waals surface area (Å²) < 4.78 is 10.6. The summed E-state index contributed by atoms with van der Waals surface area (Å²) in [5.41, 5.74) is 0.651. The van der Waals surface area contributed by atoms with Gasteiger partial charge in [0.1, 0.15) is 0 Å². The molecule has 1 aromatic carbocycles. The van der Waals surface area contributed by atoms with Gasteiger partial charge in [0.05, 0.1) is 32.3 Å². The molecule has 5 rings (SSSR count). The van der Waals surface area contributed by atoms with E-state index in [2.05, 4.69) is 17.3 Å². The quantitative estimate of drug-likeness (QED) is 0.479. The molecule has 2 fully saturated rings. The number of carbonyl (C=O) groups is 2. The average Bonchev–Trinajstić information content (AvgIpc) is 2.93. The van der Waals surface area contributed by atoms with Crippen LogP contribution in [0.4, 0.5) is 0 Å². The van der Waals surface area contributed by atoms with Gasteiger partial charge in [0, 0.05) is 5.56 Å². The first kappa shape index (κ1) is 15.9. The molecule has 1 heterocycles. The minimum atomic E-state index is -0.249. The fourth-order valence-corrected chi connectivity index (χ4v) is 4.31. The van der Waals surface area contributed by atoms with Gasteiger partial charge in [-0.2, -0.15) is 10.1 Å². The average molecular weight is 340 g/mol. The molecule has 130 valence electrons. The number of methoxy groups -OCH3 is 2. The molecule has 1 saturated carbocycles. The Kier molecular flexibility index (Phi) is 3.82. The SMILES string of the molecule is COc1cccc(/C=N\N2C(=O)[C@@H]3[C@H](C2=O)[C@@H]2C=C[C@H]3CC2)c1OC. The molecule has 1 aliphatic heterocycles. The lowest BCUT2D eigenvalue weighted by Gasteiger charge is -2.37. The van der Waals surface area contributed by atoms with Crippen molar-refractivity contribution in [1.29, 1.82) is 0 Å². The van der Waals surface area contributed by atoms with Crippen molar-refractivity contribution >= 4 is 18.0 Å². The minimum Gasteiger partial charge on any atom is -0.493 e. The van der Waals surface area contributed by atoms with Crippen LogP contribution in [0.5, 0.6) is 11.5 Å². The molecule has 0 N–H and O–H groups in total. The highest BCUT2D eigenvalue weighted by molar-refractivity contribution is 6.06. The zero-order valence-corrected chi connectivity index (χ0v) is 14.2. The van der Waals surface area contributed by atoms with Crippen molar-refractivity contribution in [3.63, 3.8) is 0 Å². The van der Waals surface area contributed by atoms with E-state index in [9.17, 15) is 9.59 Å². The van der Waals surface area contributed by atoms with Crippen LogP contribution in [0.2, 0.25) is 0 Å². The van der Waals surface area contributed by atoms with Gasteiger partial charge in [-0.15, -0.1) is 0 Å². The molecule has 0 radical (unpaired) electrons. The Bertz CT molecular complexity index is 754. The van der Waals surface area contributed by atoms with Crippen LogP contribution in [0, 0.1) is 23.7 Å². The van der Waals surface area contributed by atoms with E-state index in [1.165, 1.54) is 6.21 Å². The predicted octanol–water partition coefficient (Wildman–Crippen LogP) is 2.23. The summed E-state index contributed by atoms with van der Waals surface area (Å²) in [6.45, 7) is 0. The normalized spacial score (nSPS) is 30.2. The number of imide groups is 1. The number of nitrogens with zero attached hydrogens (tertiary/aromatic N) is 2. The van der Waals surface area contributed by atoms with Gasteiger partial charge in [-0.05, 0) is 36.8 Å². The Morgan fingerprint density at radius 1 is 1.04 bits per heavy atom. The summed E-state index contributed by atoms with van der Waals surface area (Å²) in [5, 5.41) is 5.25. The summed E-state index contributed by atoms with van der Waals surface area (Å²) in [5.74, 6) is 0.546. The monoisotopic (exact) mass is 340 g/mol. The molecule has 0 aromatic heterocycles. The molecule has 0 spiro atoms. The first-order valence-electron chi connectivity index (χ1n) is 8.46. The Morgan fingerprint density at radius 2 is 1.68 bits per heavy atom. The Morgan fingerprint density at radius 3 is 2.20 bits per heavy atom. The topological polar surface area (TPSA) is 68.2 Å². The van der Waals surface area contributed by atoms with Gasteiger partial charge in [0.15, 0.2) is 11.5 Å². The highest BCUT2D eigenvalue weighted by Crippen LogP contribution is 2.49. The lowest BCUT2D eigenvalue weighted by molar-refractivity contribution is -0.140. The zero-order chi connectivity index (χ0) is 17.6. The molecule has 2 amide bonds. The van der Waals surface area contributed by atoms with Gasteiger partial charge < -0.3 is 9.47 Å². The van der Waals surface area contributed by atoms with Crippen molar-refractivity contribution in [2.45, 2.75) is 12.8 Å². The number of amides is 2. The maximum Gasteiger partial charge on any atom is 0.254 e. The second-order valence-corrected chi connectivity index (χ2v) is 6.66. The third-order valence-corrected chi connectivity index (χ3v) is 5.48. The Hall–Kier alpha value is -2.63. The highest BCUT2D eigenvalue weighted by atomic mass is 16.5. The molecule has 3 aliphatic carbocycles. The number of rotatable bonds is 4. The van der Waals surface area contributed by atoms with E-state index in [0.717, 1.165) is 17.9 Å². The summed E-state index contributed by atoms with van der Waals surface area (Å²) in [4.78, 5) is 25.5. The van der Waals surface area contributed by atoms with E-state index in [0.29, 0.717) is 17.1 Å². The fourth-order valence-electron chi connectivity index (χ4n) is 4.31. The van der Waals surface area contributed by atoms with E-state index in [4.69, 9.17) is 9.47 Å². The van der Waals surface area contributed by atoms with Crippen molar-refractivity contribution in [3.05, 3.63) is 35.9 Å². The second kappa shape index (κ2) is 6.02. The molecule has 6 nitrogen and oxygen atoms in total. The molecular weight excluding hydrogens is 320 g/mol. The third kappa shape index (κ3) is 2.35. The third-order valence-electron chi connectivity index (χ3n) is 5.48. The molecule has 25 heavy (non-hydrogen) atoms. The van der Waals surface area contributed by atoms with E-state index >= 15 is 0 Å². The molecule has 0 unspecified atom stereocenters. The van der Waals surface area contributed by atoms with Crippen molar-refractivity contribution in [2.75, 3.05) is 14.2 Å². The molecule has 4 aliphatic rings. The number of carbonyl (C=O) groups excluding carboxylic acids is 2. The number of hydrazone groups is 1. The maximum absolute atomic E-state index is 12.7. The predicted molar refractivity (Wildman–Crippen MR) is 91.3 cm³/mol. The van der Waals surface area contributed by atoms with Crippen LogP contribution in [-0.2, 0) is 9.59 Å². The summed E-state index contributed by atoms with van der Waals surface area (Å²) in [6.07, 6.45) is 7.63.